The minimum absolute atomic E-state index is 0.0118. The van der Waals surface area contributed by atoms with Crippen molar-refractivity contribution < 1.29 is 4.79 Å². The van der Waals surface area contributed by atoms with Crippen LogP contribution >= 0.6 is 11.6 Å². The lowest BCUT2D eigenvalue weighted by molar-refractivity contribution is -0.128. The number of hydrogen-bond donors (Lipinski definition) is 0. The van der Waals surface area contributed by atoms with Crippen molar-refractivity contribution in [3.63, 3.8) is 0 Å². The third-order valence-corrected chi connectivity index (χ3v) is 3.06. The van der Waals surface area contributed by atoms with Gasteiger partial charge < -0.3 is 4.90 Å². The van der Waals surface area contributed by atoms with Crippen molar-refractivity contribution in [2.75, 3.05) is 12.4 Å². The fourth-order valence-corrected chi connectivity index (χ4v) is 1.89. The van der Waals surface area contributed by atoms with Gasteiger partial charge >= 0.3 is 0 Å². The average Bonchev–Trinajstić information content (AvgIpc) is 2.38. The Balaban J connectivity index is 2.74. The van der Waals surface area contributed by atoms with Gasteiger partial charge in [-0.05, 0) is 17.0 Å². The van der Waals surface area contributed by atoms with Crippen molar-refractivity contribution in [2.45, 2.75) is 26.3 Å². The number of alkyl halides is 1. The summed E-state index contributed by atoms with van der Waals surface area (Å²) in [6.45, 7) is 9.09. The van der Waals surface area contributed by atoms with E-state index < -0.39 is 0 Å². The van der Waals surface area contributed by atoms with Crippen LogP contribution in [0.25, 0.3) is 0 Å². The highest BCUT2D eigenvalue weighted by atomic mass is 35.5. The zero-order chi connectivity index (χ0) is 13.5. The van der Waals surface area contributed by atoms with Crippen molar-refractivity contribution in [3.05, 3.63) is 48.0 Å². The maximum absolute atomic E-state index is 11.6. The number of nitrogens with zero attached hydrogens (tertiary/aromatic N) is 1. The summed E-state index contributed by atoms with van der Waals surface area (Å²) in [5, 5.41) is 0. The fraction of sp³-hybridized carbons (Fsp3) is 0.400. The van der Waals surface area contributed by atoms with Crippen LogP contribution in [-0.2, 0) is 11.3 Å². The summed E-state index contributed by atoms with van der Waals surface area (Å²) in [5.41, 5.74) is 2.41. The minimum atomic E-state index is -0.0653. The Morgan fingerprint density at radius 2 is 2.00 bits per heavy atom. The summed E-state index contributed by atoms with van der Waals surface area (Å²) in [6, 6.07) is 8.34. The summed E-state index contributed by atoms with van der Waals surface area (Å²) < 4.78 is 0. The van der Waals surface area contributed by atoms with Crippen LogP contribution < -0.4 is 0 Å². The van der Waals surface area contributed by atoms with Gasteiger partial charge in [0.05, 0.1) is 0 Å². The lowest BCUT2D eigenvalue weighted by Gasteiger charge is -2.20. The Kier molecular flexibility index (Phi) is 5.93. The first-order valence-corrected chi connectivity index (χ1v) is 6.65. The molecule has 1 amide bonds. The second kappa shape index (κ2) is 7.22. The predicted molar refractivity (Wildman–Crippen MR) is 76.9 cm³/mol. The molecule has 1 aromatic carbocycles. The molecule has 0 heterocycles. The van der Waals surface area contributed by atoms with Crippen molar-refractivity contribution in [1.82, 2.24) is 4.90 Å². The van der Waals surface area contributed by atoms with Crippen molar-refractivity contribution in [2.24, 2.45) is 0 Å². The molecule has 0 bridgehead atoms. The Hall–Kier alpha value is -1.28. The zero-order valence-electron chi connectivity index (χ0n) is 11.0. The summed E-state index contributed by atoms with van der Waals surface area (Å²) in [6.07, 6.45) is 1.72. The molecule has 0 N–H and O–H groups in total. The number of amides is 1. The second-order valence-electron chi connectivity index (χ2n) is 4.59. The smallest absolute Gasteiger partial charge is 0.238 e. The van der Waals surface area contributed by atoms with Gasteiger partial charge in [-0.3, -0.25) is 4.79 Å². The van der Waals surface area contributed by atoms with E-state index in [9.17, 15) is 4.79 Å². The topological polar surface area (TPSA) is 20.3 Å². The molecular formula is C15H20ClNO. The van der Waals surface area contributed by atoms with Crippen LogP contribution in [0.2, 0.25) is 0 Å². The third kappa shape index (κ3) is 4.19. The van der Waals surface area contributed by atoms with Crippen molar-refractivity contribution in [1.29, 1.82) is 0 Å². The number of rotatable bonds is 6. The third-order valence-electron chi connectivity index (χ3n) is 2.84. The Labute approximate surface area is 114 Å². The van der Waals surface area contributed by atoms with E-state index in [1.807, 2.05) is 0 Å². The molecule has 1 aromatic rings. The highest BCUT2D eigenvalue weighted by Crippen LogP contribution is 2.15. The molecule has 0 saturated heterocycles. The first-order chi connectivity index (χ1) is 8.58. The average molecular weight is 266 g/mol. The molecule has 0 aliphatic heterocycles. The van der Waals surface area contributed by atoms with Crippen LogP contribution in [-0.4, -0.2) is 23.2 Å². The van der Waals surface area contributed by atoms with E-state index >= 15 is 0 Å². The predicted octanol–water partition coefficient (Wildman–Crippen LogP) is 3.56. The standard InChI is InChI=1S/C15H20ClNO/c1-4-9-17(15(18)10-16)11-13-5-7-14(8-6-13)12(2)3/h4-8,12H,1,9-11H2,2-3H3. The van der Waals surface area contributed by atoms with Gasteiger partial charge in [-0.25, -0.2) is 0 Å². The quantitative estimate of drug-likeness (QED) is 0.569. The molecule has 0 unspecified atom stereocenters. The molecule has 0 aliphatic rings. The minimum Gasteiger partial charge on any atom is -0.334 e. The van der Waals surface area contributed by atoms with Crippen LogP contribution in [0.5, 0.6) is 0 Å². The van der Waals surface area contributed by atoms with Gasteiger partial charge in [0, 0.05) is 13.1 Å². The van der Waals surface area contributed by atoms with E-state index in [1.54, 1.807) is 11.0 Å². The van der Waals surface area contributed by atoms with Crippen LogP contribution in [0.1, 0.15) is 30.9 Å². The first-order valence-electron chi connectivity index (χ1n) is 6.12. The molecule has 0 radical (unpaired) electrons. The monoisotopic (exact) mass is 265 g/mol. The number of carbonyl (C=O) groups is 1. The van der Waals surface area contributed by atoms with Crippen LogP contribution in [0, 0.1) is 0 Å². The molecular weight excluding hydrogens is 246 g/mol. The summed E-state index contributed by atoms with van der Waals surface area (Å²) in [4.78, 5) is 13.3. The second-order valence-corrected chi connectivity index (χ2v) is 4.86. The molecule has 0 aliphatic carbocycles. The maximum Gasteiger partial charge on any atom is 0.238 e. The van der Waals surface area contributed by atoms with Crippen LogP contribution in [0.4, 0.5) is 0 Å². The van der Waals surface area contributed by atoms with Gasteiger partial charge in [0.2, 0.25) is 5.91 Å². The van der Waals surface area contributed by atoms with Crippen molar-refractivity contribution >= 4 is 17.5 Å². The van der Waals surface area contributed by atoms with Gasteiger partial charge in [-0.1, -0.05) is 44.2 Å². The highest BCUT2D eigenvalue weighted by Gasteiger charge is 2.11. The lowest BCUT2D eigenvalue weighted by atomic mass is 10.0. The largest absolute Gasteiger partial charge is 0.334 e. The van der Waals surface area contributed by atoms with E-state index in [0.29, 0.717) is 19.0 Å². The number of benzene rings is 1. The molecule has 0 aromatic heterocycles. The summed E-state index contributed by atoms with van der Waals surface area (Å²) in [7, 11) is 0. The Morgan fingerprint density at radius 1 is 1.39 bits per heavy atom. The van der Waals surface area contributed by atoms with Crippen molar-refractivity contribution in [3.8, 4) is 0 Å². The molecule has 2 nitrogen and oxygen atoms in total. The lowest BCUT2D eigenvalue weighted by Crippen LogP contribution is -2.31. The van der Waals surface area contributed by atoms with E-state index in [2.05, 4.69) is 44.7 Å². The molecule has 1 rings (SSSR count). The zero-order valence-corrected chi connectivity index (χ0v) is 11.8. The van der Waals surface area contributed by atoms with Gasteiger partial charge in [0.1, 0.15) is 5.88 Å². The van der Waals surface area contributed by atoms with Gasteiger partial charge in [0.25, 0.3) is 0 Å². The van der Waals surface area contributed by atoms with E-state index in [-0.39, 0.29) is 11.8 Å². The van der Waals surface area contributed by atoms with Gasteiger partial charge in [-0.15, -0.1) is 18.2 Å². The van der Waals surface area contributed by atoms with E-state index in [4.69, 9.17) is 11.6 Å². The SMILES string of the molecule is C=CCN(Cc1ccc(C(C)C)cc1)C(=O)CCl. The normalized spacial score (nSPS) is 10.4. The molecule has 0 atom stereocenters. The van der Waals surface area contributed by atoms with E-state index in [0.717, 1.165) is 5.56 Å². The molecule has 3 heteroatoms. The number of hydrogen-bond acceptors (Lipinski definition) is 1. The molecule has 0 saturated carbocycles. The molecule has 98 valence electrons. The van der Waals surface area contributed by atoms with E-state index in [1.165, 1.54) is 5.56 Å². The number of halogens is 1. The number of carbonyl (C=O) groups excluding carboxylic acids is 1. The Bertz CT molecular complexity index is 397. The van der Waals surface area contributed by atoms with Crippen LogP contribution in [0.15, 0.2) is 36.9 Å². The highest BCUT2D eigenvalue weighted by molar-refractivity contribution is 6.27. The van der Waals surface area contributed by atoms with Gasteiger partial charge in [-0.2, -0.15) is 0 Å². The fourth-order valence-electron chi connectivity index (χ4n) is 1.72. The first kappa shape index (κ1) is 14.8. The Morgan fingerprint density at radius 3 is 2.44 bits per heavy atom. The van der Waals surface area contributed by atoms with Crippen LogP contribution in [0.3, 0.4) is 0 Å². The molecule has 18 heavy (non-hydrogen) atoms. The summed E-state index contributed by atoms with van der Waals surface area (Å²) >= 11 is 5.59. The molecule has 0 fully saturated rings. The molecule has 0 spiro atoms. The maximum atomic E-state index is 11.6. The van der Waals surface area contributed by atoms with Gasteiger partial charge in [0.15, 0.2) is 0 Å². The summed E-state index contributed by atoms with van der Waals surface area (Å²) in [5.74, 6) is 0.468.